The van der Waals surface area contributed by atoms with E-state index in [0.29, 0.717) is 6.10 Å². The smallest absolute Gasteiger partial charge is 0.0574 e. The van der Waals surface area contributed by atoms with Crippen LogP contribution in [0.2, 0.25) is 0 Å². The quantitative estimate of drug-likeness (QED) is 0.246. The average Bonchev–Trinajstić information content (AvgIpc) is 2.47. The summed E-state index contributed by atoms with van der Waals surface area (Å²) in [5.74, 6) is 0. The summed E-state index contributed by atoms with van der Waals surface area (Å²) < 4.78 is 5.54. The topological polar surface area (TPSA) is 9.23 Å². The zero-order valence-electron chi connectivity index (χ0n) is 14.0. The molecule has 0 bridgehead atoms. The summed E-state index contributed by atoms with van der Waals surface area (Å²) in [5.41, 5.74) is 0. The lowest BCUT2D eigenvalue weighted by molar-refractivity contribution is 0.0865. The first-order valence-corrected chi connectivity index (χ1v) is 8.82. The number of hydrogen-bond acceptors (Lipinski definition) is 1. The second-order valence-corrected chi connectivity index (χ2v) is 5.81. The SMILES string of the molecule is [CH2]CCCCCCCC=CCCC(CCCCC)OC. The number of rotatable bonds is 15. The Kier molecular flexibility index (Phi) is 16.5. The van der Waals surface area contributed by atoms with Crippen LogP contribution in [0.15, 0.2) is 12.2 Å². The minimum Gasteiger partial charge on any atom is -0.381 e. The molecule has 1 heteroatoms. The van der Waals surface area contributed by atoms with Gasteiger partial charge in [-0.05, 0) is 32.1 Å². The van der Waals surface area contributed by atoms with Crippen molar-refractivity contribution in [3.8, 4) is 0 Å². The van der Waals surface area contributed by atoms with Crippen molar-refractivity contribution < 1.29 is 4.74 Å². The highest BCUT2D eigenvalue weighted by Gasteiger charge is 2.04. The predicted molar refractivity (Wildman–Crippen MR) is 91.0 cm³/mol. The number of unbranched alkanes of at least 4 members (excludes halogenated alkanes) is 8. The zero-order valence-corrected chi connectivity index (χ0v) is 14.0. The largest absolute Gasteiger partial charge is 0.381 e. The van der Waals surface area contributed by atoms with Crippen molar-refractivity contribution >= 4 is 0 Å². The van der Waals surface area contributed by atoms with Crippen LogP contribution in [0.1, 0.15) is 90.4 Å². The highest BCUT2D eigenvalue weighted by atomic mass is 16.5. The van der Waals surface area contributed by atoms with E-state index in [4.69, 9.17) is 4.74 Å². The average molecular weight is 282 g/mol. The molecule has 0 aliphatic carbocycles. The van der Waals surface area contributed by atoms with Gasteiger partial charge in [-0.1, -0.05) is 77.4 Å². The molecule has 0 aromatic rings. The van der Waals surface area contributed by atoms with E-state index in [9.17, 15) is 0 Å². The van der Waals surface area contributed by atoms with Crippen molar-refractivity contribution in [1.82, 2.24) is 0 Å². The molecule has 0 amide bonds. The van der Waals surface area contributed by atoms with Crippen molar-refractivity contribution in [2.24, 2.45) is 0 Å². The van der Waals surface area contributed by atoms with Crippen molar-refractivity contribution in [1.29, 1.82) is 0 Å². The third-order valence-corrected chi connectivity index (χ3v) is 3.91. The second-order valence-electron chi connectivity index (χ2n) is 5.81. The Bertz CT molecular complexity index is 198. The molecule has 0 heterocycles. The molecule has 20 heavy (non-hydrogen) atoms. The summed E-state index contributed by atoms with van der Waals surface area (Å²) in [5, 5.41) is 0. The Hall–Kier alpha value is -0.300. The van der Waals surface area contributed by atoms with Crippen LogP contribution in [0.4, 0.5) is 0 Å². The lowest BCUT2D eigenvalue weighted by Gasteiger charge is -2.13. The maximum atomic E-state index is 5.54. The lowest BCUT2D eigenvalue weighted by atomic mass is 10.1. The molecule has 0 aliphatic rings. The summed E-state index contributed by atoms with van der Waals surface area (Å²) in [7, 11) is 1.85. The van der Waals surface area contributed by atoms with Gasteiger partial charge in [-0.2, -0.15) is 0 Å². The molecule has 1 unspecified atom stereocenters. The van der Waals surface area contributed by atoms with E-state index in [0.717, 1.165) is 6.42 Å². The summed E-state index contributed by atoms with van der Waals surface area (Å²) >= 11 is 0. The molecule has 0 aliphatic heterocycles. The van der Waals surface area contributed by atoms with E-state index in [1.54, 1.807) is 0 Å². The van der Waals surface area contributed by atoms with E-state index in [2.05, 4.69) is 26.0 Å². The lowest BCUT2D eigenvalue weighted by Crippen LogP contribution is -2.09. The van der Waals surface area contributed by atoms with Crippen LogP contribution < -0.4 is 0 Å². The molecular formula is C19H37O. The highest BCUT2D eigenvalue weighted by molar-refractivity contribution is 4.82. The molecule has 0 rings (SSSR count). The van der Waals surface area contributed by atoms with Gasteiger partial charge < -0.3 is 4.74 Å². The minimum absolute atomic E-state index is 0.467. The van der Waals surface area contributed by atoms with Crippen molar-refractivity contribution in [3.63, 3.8) is 0 Å². The van der Waals surface area contributed by atoms with Crippen molar-refractivity contribution in [3.05, 3.63) is 19.1 Å². The van der Waals surface area contributed by atoms with Gasteiger partial charge in [0.25, 0.3) is 0 Å². The third-order valence-electron chi connectivity index (χ3n) is 3.91. The molecule has 1 atom stereocenters. The van der Waals surface area contributed by atoms with Crippen LogP contribution in [0.5, 0.6) is 0 Å². The van der Waals surface area contributed by atoms with Crippen LogP contribution >= 0.6 is 0 Å². The van der Waals surface area contributed by atoms with Crippen molar-refractivity contribution in [2.75, 3.05) is 7.11 Å². The molecule has 0 fully saturated rings. The molecule has 1 nitrogen and oxygen atoms in total. The second kappa shape index (κ2) is 16.8. The number of allylic oxidation sites excluding steroid dienone is 2. The van der Waals surface area contributed by atoms with Crippen LogP contribution in [-0.4, -0.2) is 13.2 Å². The number of ether oxygens (including phenoxy) is 1. The van der Waals surface area contributed by atoms with E-state index in [1.807, 2.05) is 7.11 Å². The molecule has 0 saturated carbocycles. The highest BCUT2D eigenvalue weighted by Crippen LogP contribution is 2.12. The van der Waals surface area contributed by atoms with Gasteiger partial charge >= 0.3 is 0 Å². The van der Waals surface area contributed by atoms with Gasteiger partial charge in [0.2, 0.25) is 0 Å². The summed E-state index contributed by atoms with van der Waals surface area (Å²) in [6.07, 6.45) is 21.8. The van der Waals surface area contributed by atoms with Gasteiger partial charge in [0.1, 0.15) is 0 Å². The Morgan fingerprint density at radius 3 is 2.25 bits per heavy atom. The van der Waals surface area contributed by atoms with E-state index in [-0.39, 0.29) is 0 Å². The molecule has 0 spiro atoms. The molecule has 119 valence electrons. The molecular weight excluding hydrogens is 244 g/mol. The first-order chi connectivity index (χ1) is 9.85. The molecule has 1 radical (unpaired) electrons. The maximum absolute atomic E-state index is 5.54. The van der Waals surface area contributed by atoms with Gasteiger partial charge in [-0.25, -0.2) is 0 Å². The monoisotopic (exact) mass is 281 g/mol. The van der Waals surface area contributed by atoms with Gasteiger partial charge in [0.05, 0.1) is 6.10 Å². The van der Waals surface area contributed by atoms with E-state index >= 15 is 0 Å². The van der Waals surface area contributed by atoms with Gasteiger partial charge in [0.15, 0.2) is 0 Å². The molecule has 0 aromatic carbocycles. The first kappa shape index (κ1) is 19.7. The number of methoxy groups -OCH3 is 1. The standard InChI is InChI=1S/C19H37O/c1-4-6-8-9-10-11-12-13-14-16-18-19(20-3)17-15-7-5-2/h13-14,19H,1,4-12,15-18H2,2-3H3. The van der Waals surface area contributed by atoms with Crippen molar-refractivity contribution in [2.45, 2.75) is 96.5 Å². The normalized spacial score (nSPS) is 13.2. The first-order valence-electron chi connectivity index (χ1n) is 8.82. The maximum Gasteiger partial charge on any atom is 0.0574 e. The van der Waals surface area contributed by atoms with Gasteiger partial charge in [-0.3, -0.25) is 0 Å². The van der Waals surface area contributed by atoms with Gasteiger partial charge in [-0.15, -0.1) is 0 Å². The zero-order chi connectivity index (χ0) is 14.9. The summed E-state index contributed by atoms with van der Waals surface area (Å²) in [4.78, 5) is 0. The summed E-state index contributed by atoms with van der Waals surface area (Å²) in [6, 6.07) is 0. The Balaban J connectivity index is 3.35. The van der Waals surface area contributed by atoms with Gasteiger partial charge in [0, 0.05) is 7.11 Å². The third kappa shape index (κ3) is 14.1. The van der Waals surface area contributed by atoms with Crippen LogP contribution in [0.3, 0.4) is 0 Å². The van der Waals surface area contributed by atoms with Crippen LogP contribution in [0.25, 0.3) is 0 Å². The Labute approximate surface area is 128 Å². The van der Waals surface area contributed by atoms with E-state index < -0.39 is 0 Å². The molecule has 0 aromatic heterocycles. The Morgan fingerprint density at radius 1 is 0.850 bits per heavy atom. The molecule has 0 saturated heterocycles. The predicted octanol–water partition coefficient (Wildman–Crippen LogP) is 6.48. The molecule has 0 N–H and O–H groups in total. The van der Waals surface area contributed by atoms with E-state index in [1.165, 1.54) is 77.0 Å². The summed E-state index contributed by atoms with van der Waals surface area (Å²) in [6.45, 7) is 6.13. The Morgan fingerprint density at radius 2 is 1.55 bits per heavy atom. The number of hydrogen-bond donors (Lipinski definition) is 0. The van der Waals surface area contributed by atoms with Crippen LogP contribution in [-0.2, 0) is 4.74 Å². The fourth-order valence-corrected chi connectivity index (χ4v) is 2.49. The van der Waals surface area contributed by atoms with Crippen LogP contribution in [0, 0.1) is 6.92 Å². The minimum atomic E-state index is 0.467. The fourth-order valence-electron chi connectivity index (χ4n) is 2.49. The fraction of sp³-hybridized carbons (Fsp3) is 0.842.